The predicted molar refractivity (Wildman–Crippen MR) is 99.5 cm³/mol. The number of halogens is 1. The first-order valence-corrected chi connectivity index (χ1v) is 8.68. The number of para-hydroxylation sites is 1. The first kappa shape index (κ1) is 18.5. The minimum atomic E-state index is -0.540. The second kappa shape index (κ2) is 8.42. The van der Waals surface area contributed by atoms with Gasteiger partial charge in [0.05, 0.1) is 0 Å². The lowest BCUT2D eigenvalue weighted by Crippen LogP contribution is -2.21. The van der Waals surface area contributed by atoms with Gasteiger partial charge in [-0.15, -0.1) is 0 Å². The fraction of sp³-hybridized carbons (Fsp3) is 0.150. The third kappa shape index (κ3) is 4.70. The molecule has 0 radical (unpaired) electrons. The van der Waals surface area contributed by atoms with Crippen molar-refractivity contribution in [1.29, 1.82) is 0 Å². The fourth-order valence-electron chi connectivity index (χ4n) is 2.56. The molecule has 148 valence electrons. The Labute approximate surface area is 165 Å². The lowest BCUT2D eigenvalue weighted by molar-refractivity contribution is -0.118. The number of carbonyl (C=O) groups is 1. The molecular formula is C20H16FN3O5. The summed E-state index contributed by atoms with van der Waals surface area (Å²) in [6.07, 6.45) is 1.27. The van der Waals surface area contributed by atoms with Crippen molar-refractivity contribution in [3.63, 3.8) is 0 Å². The average Bonchev–Trinajstić information content (AvgIpc) is 3.20. The summed E-state index contributed by atoms with van der Waals surface area (Å²) < 4.78 is 34.9. The predicted octanol–water partition coefficient (Wildman–Crippen LogP) is 2.94. The molecule has 3 aromatic rings. The number of nitrogens with one attached hydrogen (secondary N) is 1. The Morgan fingerprint density at radius 1 is 1.07 bits per heavy atom. The molecule has 29 heavy (non-hydrogen) atoms. The van der Waals surface area contributed by atoms with Crippen molar-refractivity contribution in [3.05, 3.63) is 66.2 Å². The fourth-order valence-corrected chi connectivity index (χ4v) is 2.56. The first-order chi connectivity index (χ1) is 14.2. The van der Waals surface area contributed by atoms with E-state index in [-0.39, 0.29) is 37.5 Å². The number of ether oxygens (including phenoxy) is 4. The van der Waals surface area contributed by atoms with E-state index in [1.165, 1.54) is 30.6 Å². The van der Waals surface area contributed by atoms with Crippen molar-refractivity contribution >= 4 is 11.7 Å². The molecule has 0 spiro atoms. The van der Waals surface area contributed by atoms with E-state index in [1.807, 2.05) is 18.2 Å². The zero-order chi connectivity index (χ0) is 20.1. The second-order valence-corrected chi connectivity index (χ2v) is 5.99. The molecule has 0 saturated heterocycles. The smallest absolute Gasteiger partial charge is 0.263 e. The Hall–Kier alpha value is -3.88. The Bertz CT molecular complexity index is 1030. The molecule has 1 aliphatic rings. The number of hydrogen-bond acceptors (Lipinski definition) is 7. The van der Waals surface area contributed by atoms with Gasteiger partial charge in [-0.1, -0.05) is 18.2 Å². The number of aromatic nitrogens is 2. The van der Waals surface area contributed by atoms with Gasteiger partial charge < -0.3 is 24.3 Å². The van der Waals surface area contributed by atoms with Gasteiger partial charge in [0.1, 0.15) is 18.8 Å². The first-order valence-electron chi connectivity index (χ1n) is 8.68. The summed E-state index contributed by atoms with van der Waals surface area (Å²) in [5.74, 6) is 0.842. The van der Waals surface area contributed by atoms with Gasteiger partial charge in [-0.3, -0.25) is 4.79 Å². The van der Waals surface area contributed by atoms with Crippen molar-refractivity contribution in [3.8, 4) is 23.1 Å². The lowest BCUT2D eigenvalue weighted by Gasteiger charge is -2.09. The normalized spacial score (nSPS) is 11.8. The van der Waals surface area contributed by atoms with Crippen LogP contribution in [0.3, 0.4) is 0 Å². The zero-order valence-corrected chi connectivity index (χ0v) is 15.1. The van der Waals surface area contributed by atoms with E-state index < -0.39 is 11.7 Å². The van der Waals surface area contributed by atoms with Crippen molar-refractivity contribution in [2.75, 3.05) is 18.7 Å². The van der Waals surface area contributed by atoms with E-state index in [1.54, 1.807) is 6.07 Å². The quantitative estimate of drug-likeness (QED) is 0.655. The van der Waals surface area contributed by atoms with Gasteiger partial charge in [-0.2, -0.15) is 0 Å². The molecule has 1 N–H and O–H groups in total. The van der Waals surface area contributed by atoms with E-state index in [0.717, 1.165) is 5.56 Å². The number of hydrogen-bond donors (Lipinski definition) is 1. The second-order valence-electron chi connectivity index (χ2n) is 5.99. The maximum atomic E-state index is 13.5. The summed E-state index contributed by atoms with van der Waals surface area (Å²) in [7, 11) is 0. The molecule has 0 fully saturated rings. The van der Waals surface area contributed by atoms with Crippen LogP contribution in [0.25, 0.3) is 0 Å². The number of carbonyl (C=O) groups excluding carboxylic acids is 1. The van der Waals surface area contributed by atoms with Crippen molar-refractivity contribution < 1.29 is 28.1 Å². The standard InChI is InChI=1S/C20H16FN3O5/c21-14-3-1-2-4-15(14)26-10-19(25)24-18-8-20(23-11-22-18)27-9-13-5-6-16-17(7-13)29-12-28-16/h1-8,11H,9-10,12H2,(H,22,23,24,25). The van der Waals surface area contributed by atoms with Gasteiger partial charge in [-0.05, 0) is 29.8 Å². The van der Waals surface area contributed by atoms with E-state index in [4.69, 9.17) is 18.9 Å². The third-order valence-electron chi connectivity index (χ3n) is 3.93. The molecule has 0 saturated carbocycles. The molecule has 0 aliphatic carbocycles. The number of fused-ring (bicyclic) bond motifs is 1. The van der Waals surface area contributed by atoms with Crippen LogP contribution in [0.2, 0.25) is 0 Å². The number of benzene rings is 2. The van der Waals surface area contributed by atoms with Crippen LogP contribution >= 0.6 is 0 Å². The van der Waals surface area contributed by atoms with Crippen LogP contribution in [-0.4, -0.2) is 29.3 Å². The SMILES string of the molecule is O=C(COc1ccccc1F)Nc1cc(OCc2ccc3c(c2)OCO3)ncn1. The molecular weight excluding hydrogens is 381 g/mol. The van der Waals surface area contributed by atoms with Gasteiger partial charge >= 0.3 is 0 Å². The van der Waals surface area contributed by atoms with Crippen LogP contribution in [0.5, 0.6) is 23.1 Å². The monoisotopic (exact) mass is 397 g/mol. The maximum absolute atomic E-state index is 13.5. The molecule has 9 heteroatoms. The summed E-state index contributed by atoms with van der Waals surface area (Å²) in [6.45, 7) is 0.0883. The number of nitrogens with zero attached hydrogens (tertiary/aromatic N) is 2. The third-order valence-corrected chi connectivity index (χ3v) is 3.93. The van der Waals surface area contributed by atoms with Crippen LogP contribution in [-0.2, 0) is 11.4 Å². The highest BCUT2D eigenvalue weighted by Gasteiger charge is 2.13. The van der Waals surface area contributed by atoms with Gasteiger partial charge in [0.15, 0.2) is 29.7 Å². The number of rotatable bonds is 7. The van der Waals surface area contributed by atoms with Crippen molar-refractivity contribution in [2.24, 2.45) is 0 Å². The van der Waals surface area contributed by atoms with Crippen LogP contribution in [0.4, 0.5) is 10.2 Å². The van der Waals surface area contributed by atoms with Gasteiger partial charge in [0, 0.05) is 6.07 Å². The van der Waals surface area contributed by atoms with Crippen LogP contribution < -0.4 is 24.3 Å². The number of amides is 1. The molecule has 8 nitrogen and oxygen atoms in total. The summed E-state index contributed by atoms with van der Waals surface area (Å²) in [4.78, 5) is 20.0. The molecule has 1 aromatic heterocycles. The molecule has 0 bridgehead atoms. The highest BCUT2D eigenvalue weighted by atomic mass is 19.1. The molecule has 4 rings (SSSR count). The number of anilines is 1. The average molecular weight is 397 g/mol. The topological polar surface area (TPSA) is 91.8 Å². The highest BCUT2D eigenvalue weighted by molar-refractivity contribution is 5.91. The molecule has 1 aliphatic heterocycles. The minimum absolute atomic E-state index is 0.00177. The Morgan fingerprint density at radius 2 is 1.93 bits per heavy atom. The van der Waals surface area contributed by atoms with E-state index >= 15 is 0 Å². The molecule has 2 aromatic carbocycles. The molecule has 0 atom stereocenters. The lowest BCUT2D eigenvalue weighted by atomic mass is 10.2. The van der Waals surface area contributed by atoms with Crippen molar-refractivity contribution in [2.45, 2.75) is 6.61 Å². The molecule has 0 unspecified atom stereocenters. The summed E-state index contributed by atoms with van der Waals surface area (Å²) in [5.41, 5.74) is 0.872. The van der Waals surface area contributed by atoms with E-state index in [9.17, 15) is 9.18 Å². The van der Waals surface area contributed by atoms with Crippen LogP contribution in [0.1, 0.15) is 5.56 Å². The Morgan fingerprint density at radius 3 is 2.83 bits per heavy atom. The van der Waals surface area contributed by atoms with Gasteiger partial charge in [0.2, 0.25) is 12.7 Å². The Balaban J connectivity index is 1.31. The minimum Gasteiger partial charge on any atom is -0.481 e. The highest BCUT2D eigenvalue weighted by Crippen LogP contribution is 2.32. The molecule has 1 amide bonds. The largest absolute Gasteiger partial charge is 0.481 e. The van der Waals surface area contributed by atoms with E-state index in [2.05, 4.69) is 15.3 Å². The van der Waals surface area contributed by atoms with E-state index in [0.29, 0.717) is 11.5 Å². The van der Waals surface area contributed by atoms with Crippen LogP contribution in [0, 0.1) is 5.82 Å². The maximum Gasteiger partial charge on any atom is 0.263 e. The van der Waals surface area contributed by atoms with Crippen LogP contribution in [0.15, 0.2) is 54.9 Å². The molecule has 2 heterocycles. The summed E-state index contributed by atoms with van der Waals surface area (Å²) in [6, 6.07) is 12.8. The summed E-state index contributed by atoms with van der Waals surface area (Å²) >= 11 is 0. The van der Waals surface area contributed by atoms with Gasteiger partial charge in [0.25, 0.3) is 5.91 Å². The zero-order valence-electron chi connectivity index (χ0n) is 15.1. The Kier molecular flexibility index (Phi) is 5.37. The summed E-state index contributed by atoms with van der Waals surface area (Å²) in [5, 5.41) is 2.55. The van der Waals surface area contributed by atoms with Crippen molar-refractivity contribution in [1.82, 2.24) is 9.97 Å². The van der Waals surface area contributed by atoms with Gasteiger partial charge in [-0.25, -0.2) is 14.4 Å².